The average molecular weight is 351 g/mol. The van der Waals surface area contributed by atoms with Crippen LogP contribution >= 0.6 is 38.9 Å². The van der Waals surface area contributed by atoms with Crippen LogP contribution in [0.5, 0.6) is 0 Å². The molecule has 18 heavy (non-hydrogen) atoms. The van der Waals surface area contributed by atoms with Gasteiger partial charge in [-0.05, 0) is 40.2 Å². The zero-order valence-electron chi connectivity index (χ0n) is 10.2. The molecule has 0 unspecified atom stereocenters. The highest BCUT2D eigenvalue weighted by molar-refractivity contribution is 9.10. The van der Waals surface area contributed by atoms with Crippen LogP contribution in [0, 0.1) is 0 Å². The lowest BCUT2D eigenvalue weighted by atomic mass is 9.94. The van der Waals surface area contributed by atoms with Crippen LogP contribution in [0.15, 0.2) is 15.9 Å². The van der Waals surface area contributed by atoms with Crippen molar-refractivity contribution in [1.29, 1.82) is 0 Å². The largest absolute Gasteiger partial charge is 0.334 e. The van der Waals surface area contributed by atoms with Gasteiger partial charge >= 0.3 is 0 Å². The molecule has 2 nitrogen and oxygen atoms in total. The Kier molecular flexibility index (Phi) is 5.52. The number of carbonyl (C=O) groups is 1. The standard InChI is InChI=1S/C13H17BrClNOS/c14-11-6-9-18-12(11)13(17)16(8-7-15)10-4-2-1-3-5-10/h6,9-10H,1-5,7-8H2. The lowest BCUT2D eigenvalue weighted by molar-refractivity contribution is 0.0654. The van der Waals surface area contributed by atoms with Gasteiger partial charge in [0.25, 0.3) is 5.91 Å². The molecular formula is C13H17BrClNOS. The highest BCUT2D eigenvalue weighted by Gasteiger charge is 2.27. The number of hydrogen-bond donors (Lipinski definition) is 0. The third-order valence-corrected chi connectivity index (χ3v) is 5.41. The lowest BCUT2D eigenvalue weighted by Crippen LogP contribution is -2.42. The van der Waals surface area contributed by atoms with Crippen molar-refractivity contribution in [2.45, 2.75) is 38.1 Å². The van der Waals surface area contributed by atoms with E-state index in [2.05, 4.69) is 15.9 Å². The third kappa shape index (κ3) is 3.28. The van der Waals surface area contributed by atoms with Gasteiger partial charge in [0, 0.05) is 22.9 Å². The van der Waals surface area contributed by atoms with Crippen LogP contribution in [0.2, 0.25) is 0 Å². The van der Waals surface area contributed by atoms with Gasteiger partial charge in [-0.1, -0.05) is 19.3 Å². The molecule has 0 radical (unpaired) electrons. The highest BCUT2D eigenvalue weighted by Crippen LogP contribution is 2.28. The molecule has 1 saturated carbocycles. The number of amides is 1. The topological polar surface area (TPSA) is 20.3 Å². The van der Waals surface area contributed by atoms with Crippen molar-refractivity contribution in [2.24, 2.45) is 0 Å². The van der Waals surface area contributed by atoms with Crippen LogP contribution < -0.4 is 0 Å². The summed E-state index contributed by atoms with van der Waals surface area (Å²) in [6, 6.07) is 2.30. The van der Waals surface area contributed by atoms with E-state index in [1.165, 1.54) is 30.6 Å². The van der Waals surface area contributed by atoms with Gasteiger partial charge in [-0.2, -0.15) is 0 Å². The SMILES string of the molecule is O=C(c1sccc1Br)N(CCCl)C1CCCCC1. The van der Waals surface area contributed by atoms with Crippen LogP contribution in [0.4, 0.5) is 0 Å². The Morgan fingerprint density at radius 1 is 1.44 bits per heavy atom. The molecule has 1 amide bonds. The van der Waals surface area contributed by atoms with E-state index < -0.39 is 0 Å². The first-order valence-corrected chi connectivity index (χ1v) is 8.54. The summed E-state index contributed by atoms with van der Waals surface area (Å²) < 4.78 is 0.896. The first kappa shape index (κ1) is 14.4. The molecule has 1 aliphatic rings. The zero-order valence-corrected chi connectivity index (χ0v) is 13.4. The van der Waals surface area contributed by atoms with Gasteiger partial charge < -0.3 is 4.90 Å². The number of hydrogen-bond acceptors (Lipinski definition) is 2. The Hall–Kier alpha value is -0.0600. The molecule has 1 aliphatic carbocycles. The van der Waals surface area contributed by atoms with Gasteiger partial charge in [0.1, 0.15) is 4.88 Å². The first-order valence-electron chi connectivity index (χ1n) is 6.34. The maximum absolute atomic E-state index is 12.6. The minimum Gasteiger partial charge on any atom is -0.334 e. The van der Waals surface area contributed by atoms with E-state index in [1.807, 2.05) is 16.3 Å². The molecule has 0 atom stereocenters. The van der Waals surface area contributed by atoms with E-state index in [0.29, 0.717) is 18.5 Å². The number of carbonyl (C=O) groups excluding carboxylic acids is 1. The van der Waals surface area contributed by atoms with Crippen molar-refractivity contribution in [2.75, 3.05) is 12.4 Å². The fourth-order valence-corrected chi connectivity index (χ4v) is 4.19. The smallest absolute Gasteiger partial charge is 0.265 e. The zero-order chi connectivity index (χ0) is 13.0. The summed E-state index contributed by atoms with van der Waals surface area (Å²) in [7, 11) is 0. The summed E-state index contributed by atoms with van der Waals surface area (Å²) in [6.45, 7) is 0.648. The molecule has 0 saturated heterocycles. The van der Waals surface area contributed by atoms with Gasteiger partial charge in [-0.3, -0.25) is 4.79 Å². The summed E-state index contributed by atoms with van der Waals surface area (Å²) in [6.07, 6.45) is 5.98. The van der Waals surface area contributed by atoms with Crippen LogP contribution in [0.25, 0.3) is 0 Å². The van der Waals surface area contributed by atoms with Crippen LogP contribution in [-0.2, 0) is 0 Å². The lowest BCUT2D eigenvalue weighted by Gasteiger charge is -2.33. The van der Waals surface area contributed by atoms with Gasteiger partial charge in [-0.15, -0.1) is 22.9 Å². The maximum atomic E-state index is 12.6. The Bertz CT molecular complexity index is 403. The van der Waals surface area contributed by atoms with E-state index in [9.17, 15) is 4.79 Å². The Morgan fingerprint density at radius 2 is 2.17 bits per heavy atom. The van der Waals surface area contributed by atoms with Crippen LogP contribution in [-0.4, -0.2) is 29.3 Å². The second kappa shape index (κ2) is 6.92. The molecule has 1 aromatic rings. The molecule has 0 aliphatic heterocycles. The molecule has 1 aromatic heterocycles. The van der Waals surface area contributed by atoms with Crippen LogP contribution in [0.1, 0.15) is 41.8 Å². The maximum Gasteiger partial charge on any atom is 0.265 e. The van der Waals surface area contributed by atoms with Crippen molar-refractivity contribution in [1.82, 2.24) is 4.90 Å². The quantitative estimate of drug-likeness (QED) is 0.731. The predicted octanol–water partition coefficient (Wildman–Crippen LogP) is 4.52. The van der Waals surface area contributed by atoms with E-state index >= 15 is 0 Å². The summed E-state index contributed by atoms with van der Waals surface area (Å²) in [4.78, 5) is 15.3. The highest BCUT2D eigenvalue weighted by atomic mass is 79.9. The average Bonchev–Trinajstić information content (AvgIpc) is 2.82. The Balaban J connectivity index is 2.13. The molecular weight excluding hydrogens is 334 g/mol. The summed E-state index contributed by atoms with van der Waals surface area (Å²) >= 11 is 10.8. The van der Waals surface area contributed by atoms with Gasteiger partial charge in [0.2, 0.25) is 0 Å². The normalized spacial score (nSPS) is 16.8. The van der Waals surface area contributed by atoms with Crippen molar-refractivity contribution in [3.05, 3.63) is 20.8 Å². The van der Waals surface area contributed by atoms with E-state index in [0.717, 1.165) is 22.2 Å². The third-order valence-electron chi connectivity index (χ3n) is 3.41. The fraction of sp³-hybridized carbons (Fsp3) is 0.615. The van der Waals surface area contributed by atoms with Crippen LogP contribution in [0.3, 0.4) is 0 Å². The second-order valence-corrected chi connectivity index (χ2v) is 6.73. The molecule has 100 valence electrons. The van der Waals surface area contributed by atoms with E-state index in [4.69, 9.17) is 11.6 Å². The number of rotatable bonds is 4. The minimum atomic E-state index is 0.129. The molecule has 0 spiro atoms. The predicted molar refractivity (Wildman–Crippen MR) is 80.6 cm³/mol. The van der Waals surface area contributed by atoms with Crippen molar-refractivity contribution >= 4 is 44.8 Å². The van der Waals surface area contributed by atoms with Gasteiger partial charge in [0.05, 0.1) is 0 Å². The molecule has 5 heteroatoms. The monoisotopic (exact) mass is 349 g/mol. The van der Waals surface area contributed by atoms with E-state index in [-0.39, 0.29) is 5.91 Å². The molecule has 1 fully saturated rings. The molecule has 1 heterocycles. The first-order chi connectivity index (χ1) is 8.74. The number of alkyl halides is 1. The Morgan fingerprint density at radius 3 is 2.72 bits per heavy atom. The molecule has 2 rings (SSSR count). The Labute approximate surface area is 125 Å². The van der Waals surface area contributed by atoms with Crippen molar-refractivity contribution < 1.29 is 4.79 Å². The number of thiophene rings is 1. The second-order valence-electron chi connectivity index (χ2n) is 4.58. The number of halogens is 2. The van der Waals surface area contributed by atoms with Gasteiger partial charge in [-0.25, -0.2) is 0 Å². The van der Waals surface area contributed by atoms with Gasteiger partial charge in [0.15, 0.2) is 0 Å². The summed E-state index contributed by atoms with van der Waals surface area (Å²) in [5.74, 6) is 0.634. The fourth-order valence-electron chi connectivity index (χ4n) is 2.51. The molecule has 0 bridgehead atoms. The number of nitrogens with zero attached hydrogens (tertiary/aromatic N) is 1. The molecule has 0 N–H and O–H groups in total. The van der Waals surface area contributed by atoms with Crippen molar-refractivity contribution in [3.63, 3.8) is 0 Å². The van der Waals surface area contributed by atoms with E-state index in [1.54, 1.807) is 0 Å². The van der Waals surface area contributed by atoms with Crippen molar-refractivity contribution in [3.8, 4) is 0 Å². The summed E-state index contributed by atoms with van der Waals surface area (Å²) in [5.41, 5.74) is 0. The minimum absolute atomic E-state index is 0.129. The summed E-state index contributed by atoms with van der Waals surface area (Å²) in [5, 5.41) is 1.94. The molecule has 0 aromatic carbocycles.